The highest BCUT2D eigenvalue weighted by Gasteiger charge is 2.16. The summed E-state index contributed by atoms with van der Waals surface area (Å²) in [5.74, 6) is 1.71. The molecule has 1 heterocycles. The van der Waals surface area contributed by atoms with E-state index in [4.69, 9.17) is 4.74 Å². The van der Waals surface area contributed by atoms with E-state index in [0.29, 0.717) is 11.9 Å². The van der Waals surface area contributed by atoms with Gasteiger partial charge < -0.3 is 4.74 Å². The van der Waals surface area contributed by atoms with Gasteiger partial charge in [-0.25, -0.2) is 0 Å². The van der Waals surface area contributed by atoms with Gasteiger partial charge in [-0.15, -0.1) is 0 Å². The minimum Gasteiger partial charge on any atom is -0.377 e. The van der Waals surface area contributed by atoms with Gasteiger partial charge in [0.25, 0.3) is 0 Å². The Hall–Kier alpha value is -0.0700. The van der Waals surface area contributed by atoms with Crippen LogP contribution in [0.4, 0.5) is 0 Å². The first kappa shape index (κ1) is 13.4. The molecule has 0 spiro atoms. The summed E-state index contributed by atoms with van der Waals surface area (Å²) in [7, 11) is 0. The minimum absolute atomic E-state index is 0.212. The predicted octanol–water partition coefficient (Wildman–Crippen LogP) is 3.39. The van der Waals surface area contributed by atoms with E-state index in [1.54, 1.807) is 11.8 Å². The Bertz CT molecular complexity index is 372. The fourth-order valence-corrected chi connectivity index (χ4v) is 3.13. The normalized spacial score (nSPS) is 19.5. The lowest BCUT2D eigenvalue weighted by atomic mass is 10.2. The van der Waals surface area contributed by atoms with Crippen molar-refractivity contribution in [2.45, 2.75) is 18.9 Å². The highest BCUT2D eigenvalue weighted by Crippen LogP contribution is 2.18. The molecule has 2 nitrogen and oxygen atoms in total. The monoisotopic (exact) mass is 362 g/mol. The molecule has 0 amide bonds. The fourth-order valence-electron chi connectivity index (χ4n) is 1.78. The Morgan fingerprint density at radius 2 is 2.18 bits per heavy atom. The van der Waals surface area contributed by atoms with Crippen molar-refractivity contribution in [1.82, 2.24) is 0 Å². The lowest BCUT2D eigenvalue weighted by Gasteiger charge is -2.08. The van der Waals surface area contributed by atoms with Crippen LogP contribution < -0.4 is 0 Å². The van der Waals surface area contributed by atoms with Gasteiger partial charge in [0.1, 0.15) is 0 Å². The van der Waals surface area contributed by atoms with E-state index in [1.807, 2.05) is 24.3 Å². The van der Waals surface area contributed by atoms with Gasteiger partial charge in [0, 0.05) is 21.5 Å². The Kier molecular flexibility index (Phi) is 5.31. The van der Waals surface area contributed by atoms with E-state index in [0.717, 1.165) is 34.3 Å². The van der Waals surface area contributed by atoms with Crippen LogP contribution in [0.15, 0.2) is 24.3 Å². The maximum Gasteiger partial charge on any atom is 0.172 e. The van der Waals surface area contributed by atoms with E-state index in [1.165, 1.54) is 0 Å². The number of halogens is 1. The summed E-state index contributed by atoms with van der Waals surface area (Å²) in [6.45, 7) is 0.885. The van der Waals surface area contributed by atoms with Gasteiger partial charge in [-0.3, -0.25) is 4.79 Å². The van der Waals surface area contributed by atoms with E-state index in [2.05, 4.69) is 22.6 Å². The van der Waals surface area contributed by atoms with Crippen LogP contribution in [0.25, 0.3) is 0 Å². The van der Waals surface area contributed by atoms with E-state index in [9.17, 15) is 4.79 Å². The molecule has 1 atom stereocenters. The molecule has 1 fully saturated rings. The zero-order chi connectivity index (χ0) is 12.1. The van der Waals surface area contributed by atoms with Crippen molar-refractivity contribution >= 4 is 40.1 Å². The largest absolute Gasteiger partial charge is 0.377 e. The molecule has 1 aromatic rings. The molecular formula is C13H15IO2S. The molecule has 1 aliphatic rings. The maximum absolute atomic E-state index is 11.9. The van der Waals surface area contributed by atoms with Crippen molar-refractivity contribution in [1.29, 1.82) is 0 Å². The van der Waals surface area contributed by atoms with E-state index >= 15 is 0 Å². The maximum atomic E-state index is 11.9. The van der Waals surface area contributed by atoms with E-state index in [-0.39, 0.29) is 5.78 Å². The second-order valence-corrected chi connectivity index (χ2v) is 6.36. The Labute approximate surface area is 120 Å². The summed E-state index contributed by atoms with van der Waals surface area (Å²) in [5.41, 5.74) is 0.810. The van der Waals surface area contributed by atoms with Crippen LogP contribution in [0.2, 0.25) is 0 Å². The topological polar surface area (TPSA) is 26.3 Å². The number of hydrogen-bond acceptors (Lipinski definition) is 3. The molecule has 1 aromatic carbocycles. The van der Waals surface area contributed by atoms with Gasteiger partial charge >= 0.3 is 0 Å². The average Bonchev–Trinajstić information content (AvgIpc) is 2.83. The Balaban J connectivity index is 1.75. The van der Waals surface area contributed by atoms with Crippen LogP contribution in [-0.2, 0) is 4.74 Å². The highest BCUT2D eigenvalue weighted by atomic mass is 127. The van der Waals surface area contributed by atoms with E-state index < -0.39 is 0 Å². The lowest BCUT2D eigenvalue weighted by molar-refractivity contribution is 0.102. The molecule has 1 saturated heterocycles. The summed E-state index contributed by atoms with van der Waals surface area (Å²) in [4.78, 5) is 11.9. The standard InChI is InChI=1S/C13H15IO2S/c14-11-5-3-10(4-6-11)13(15)9-17-8-12-2-1-7-16-12/h3-6,12H,1-2,7-9H2. The summed E-state index contributed by atoms with van der Waals surface area (Å²) < 4.78 is 6.68. The molecule has 1 aliphatic heterocycles. The first-order chi connectivity index (χ1) is 8.25. The molecule has 0 aromatic heterocycles. The van der Waals surface area contributed by atoms with Gasteiger partial charge in [-0.05, 0) is 47.6 Å². The molecule has 4 heteroatoms. The molecular weight excluding hydrogens is 347 g/mol. The molecule has 0 saturated carbocycles. The quantitative estimate of drug-likeness (QED) is 0.593. The zero-order valence-electron chi connectivity index (χ0n) is 9.52. The third kappa shape index (κ3) is 4.26. The summed E-state index contributed by atoms with van der Waals surface area (Å²) in [6, 6.07) is 7.74. The van der Waals surface area contributed by atoms with Crippen molar-refractivity contribution in [3.63, 3.8) is 0 Å². The van der Waals surface area contributed by atoms with Crippen LogP contribution in [0.5, 0.6) is 0 Å². The molecule has 0 aliphatic carbocycles. The molecule has 1 unspecified atom stereocenters. The number of ketones is 1. The van der Waals surface area contributed by atoms with Crippen molar-refractivity contribution in [2.75, 3.05) is 18.1 Å². The van der Waals surface area contributed by atoms with Crippen LogP contribution >= 0.6 is 34.4 Å². The second-order valence-electron chi connectivity index (χ2n) is 4.08. The van der Waals surface area contributed by atoms with Gasteiger partial charge in [-0.2, -0.15) is 11.8 Å². The Morgan fingerprint density at radius 3 is 2.82 bits per heavy atom. The van der Waals surface area contributed by atoms with Gasteiger partial charge in [-0.1, -0.05) is 12.1 Å². The molecule has 17 heavy (non-hydrogen) atoms. The number of hydrogen-bond donors (Lipinski definition) is 0. The second kappa shape index (κ2) is 6.75. The molecule has 0 N–H and O–H groups in total. The first-order valence-electron chi connectivity index (χ1n) is 5.74. The van der Waals surface area contributed by atoms with Crippen molar-refractivity contribution < 1.29 is 9.53 Å². The first-order valence-corrected chi connectivity index (χ1v) is 7.97. The molecule has 0 radical (unpaired) electrons. The number of carbonyl (C=O) groups excluding carboxylic acids is 1. The average molecular weight is 362 g/mol. The van der Waals surface area contributed by atoms with Crippen molar-refractivity contribution in [2.24, 2.45) is 0 Å². The van der Waals surface area contributed by atoms with Gasteiger partial charge in [0.2, 0.25) is 0 Å². The smallest absolute Gasteiger partial charge is 0.172 e. The van der Waals surface area contributed by atoms with Gasteiger partial charge in [0.05, 0.1) is 11.9 Å². The molecule has 92 valence electrons. The number of carbonyl (C=O) groups is 1. The van der Waals surface area contributed by atoms with Crippen LogP contribution in [-0.4, -0.2) is 30.0 Å². The molecule has 0 bridgehead atoms. The van der Waals surface area contributed by atoms with Crippen LogP contribution in [0, 0.1) is 3.57 Å². The third-order valence-corrected chi connectivity index (χ3v) is 4.52. The highest BCUT2D eigenvalue weighted by molar-refractivity contribution is 14.1. The predicted molar refractivity (Wildman–Crippen MR) is 79.8 cm³/mol. The SMILES string of the molecule is O=C(CSCC1CCCO1)c1ccc(I)cc1. The van der Waals surface area contributed by atoms with Crippen LogP contribution in [0.3, 0.4) is 0 Å². The zero-order valence-corrected chi connectivity index (χ0v) is 12.5. The summed E-state index contributed by atoms with van der Waals surface area (Å²) in [6.07, 6.45) is 2.67. The number of benzene rings is 1. The third-order valence-electron chi connectivity index (χ3n) is 2.73. The summed E-state index contributed by atoms with van der Waals surface area (Å²) in [5, 5.41) is 0. The van der Waals surface area contributed by atoms with Gasteiger partial charge in [0.15, 0.2) is 5.78 Å². The number of rotatable bonds is 5. The van der Waals surface area contributed by atoms with Crippen LogP contribution in [0.1, 0.15) is 23.2 Å². The number of thioether (sulfide) groups is 1. The number of Topliss-reactive ketones (excluding diaryl/α,β-unsaturated/α-hetero) is 1. The Morgan fingerprint density at radius 1 is 1.41 bits per heavy atom. The van der Waals surface area contributed by atoms with Crippen molar-refractivity contribution in [3.05, 3.63) is 33.4 Å². The fraction of sp³-hybridized carbons (Fsp3) is 0.462. The summed E-state index contributed by atoms with van der Waals surface area (Å²) >= 11 is 3.92. The lowest BCUT2D eigenvalue weighted by Crippen LogP contribution is -2.11. The number of ether oxygens (including phenoxy) is 1. The minimum atomic E-state index is 0.212. The van der Waals surface area contributed by atoms with Crippen molar-refractivity contribution in [3.8, 4) is 0 Å². The molecule has 2 rings (SSSR count).